The van der Waals surface area contributed by atoms with E-state index in [1.807, 2.05) is 13.0 Å². The molecule has 0 aromatic carbocycles. The number of fused-ring (bicyclic) bond motifs is 1. The number of aryl methyl sites for hydroxylation is 1. The second-order valence-electron chi connectivity index (χ2n) is 3.34. The highest BCUT2D eigenvalue weighted by Gasteiger charge is 2.16. The normalized spacial score (nSPS) is 10.4. The van der Waals surface area contributed by atoms with Crippen molar-refractivity contribution in [3.05, 3.63) is 24.0 Å². The molecular formula is C11H12N2O3. The Balaban J connectivity index is 2.76. The van der Waals surface area contributed by atoms with Crippen molar-refractivity contribution >= 4 is 17.1 Å². The molecule has 5 nitrogen and oxygen atoms in total. The SMILES string of the molecule is COC(=O)n1c(C)cc2c(OC)ccnc21. The molecule has 2 rings (SSSR count). The highest BCUT2D eigenvalue weighted by molar-refractivity contribution is 5.91. The molecule has 0 saturated heterocycles. The third kappa shape index (κ3) is 1.41. The fraction of sp³-hybridized carbons (Fsp3) is 0.273. The predicted molar refractivity (Wildman–Crippen MR) is 58.8 cm³/mol. The first-order valence-electron chi connectivity index (χ1n) is 4.78. The zero-order valence-corrected chi connectivity index (χ0v) is 9.35. The van der Waals surface area contributed by atoms with Gasteiger partial charge in [0.2, 0.25) is 0 Å². The van der Waals surface area contributed by atoms with Gasteiger partial charge >= 0.3 is 6.09 Å². The molecule has 0 amide bonds. The second kappa shape index (κ2) is 3.84. The summed E-state index contributed by atoms with van der Waals surface area (Å²) < 4.78 is 11.3. The van der Waals surface area contributed by atoms with Gasteiger partial charge in [-0.25, -0.2) is 14.3 Å². The molecule has 84 valence electrons. The number of hydrogen-bond acceptors (Lipinski definition) is 4. The Bertz CT molecular complexity index is 545. The Morgan fingerprint density at radius 1 is 1.44 bits per heavy atom. The lowest BCUT2D eigenvalue weighted by atomic mass is 10.3. The van der Waals surface area contributed by atoms with E-state index in [0.717, 1.165) is 11.1 Å². The number of pyridine rings is 1. The third-order valence-electron chi connectivity index (χ3n) is 2.42. The van der Waals surface area contributed by atoms with Gasteiger partial charge in [-0.3, -0.25) is 0 Å². The highest BCUT2D eigenvalue weighted by atomic mass is 16.5. The van der Waals surface area contributed by atoms with Crippen LogP contribution in [0.2, 0.25) is 0 Å². The first-order valence-corrected chi connectivity index (χ1v) is 4.78. The molecule has 0 aliphatic rings. The first-order chi connectivity index (χ1) is 7.69. The molecule has 0 aliphatic heterocycles. The molecule has 5 heteroatoms. The highest BCUT2D eigenvalue weighted by Crippen LogP contribution is 2.26. The van der Waals surface area contributed by atoms with Crippen LogP contribution in [0.5, 0.6) is 5.75 Å². The topological polar surface area (TPSA) is 53.4 Å². The number of ether oxygens (including phenoxy) is 2. The Kier molecular flexibility index (Phi) is 2.52. The van der Waals surface area contributed by atoms with Crippen molar-refractivity contribution in [1.82, 2.24) is 9.55 Å². The minimum Gasteiger partial charge on any atom is -0.496 e. The molecule has 0 saturated carbocycles. The molecule has 0 fully saturated rings. The summed E-state index contributed by atoms with van der Waals surface area (Å²) in [6.07, 6.45) is 1.15. The van der Waals surface area contributed by atoms with Gasteiger partial charge in [0, 0.05) is 11.9 Å². The Morgan fingerprint density at radius 2 is 2.19 bits per heavy atom. The number of carbonyl (C=O) groups is 1. The van der Waals surface area contributed by atoms with Crippen molar-refractivity contribution in [2.45, 2.75) is 6.92 Å². The summed E-state index contributed by atoms with van der Waals surface area (Å²) in [5.74, 6) is 0.691. The predicted octanol–water partition coefficient (Wildman–Crippen LogP) is 1.97. The molecule has 0 unspecified atom stereocenters. The summed E-state index contributed by atoms with van der Waals surface area (Å²) >= 11 is 0. The standard InChI is InChI=1S/C11H12N2O3/c1-7-6-8-9(15-2)4-5-12-10(8)13(7)11(14)16-3/h4-6H,1-3H3. The fourth-order valence-electron chi connectivity index (χ4n) is 1.70. The molecule has 2 aromatic heterocycles. The van der Waals surface area contributed by atoms with Crippen molar-refractivity contribution in [2.24, 2.45) is 0 Å². The van der Waals surface area contributed by atoms with Crippen molar-refractivity contribution in [3.63, 3.8) is 0 Å². The number of methoxy groups -OCH3 is 2. The molecule has 0 atom stereocenters. The number of hydrogen-bond donors (Lipinski definition) is 0. The van der Waals surface area contributed by atoms with Crippen molar-refractivity contribution in [1.29, 1.82) is 0 Å². The van der Waals surface area contributed by atoms with E-state index in [9.17, 15) is 4.79 Å². The summed E-state index contributed by atoms with van der Waals surface area (Å²) in [4.78, 5) is 15.7. The molecule has 0 aliphatic carbocycles. The van der Waals surface area contributed by atoms with Gasteiger partial charge in [-0.05, 0) is 19.1 Å². The van der Waals surface area contributed by atoms with Crippen LogP contribution in [0.1, 0.15) is 5.69 Å². The van der Waals surface area contributed by atoms with E-state index < -0.39 is 6.09 Å². The van der Waals surface area contributed by atoms with Crippen LogP contribution in [-0.4, -0.2) is 29.9 Å². The molecule has 2 heterocycles. The number of carbonyl (C=O) groups excluding carboxylic acids is 1. The minimum atomic E-state index is -0.451. The fourth-order valence-corrected chi connectivity index (χ4v) is 1.70. The Hall–Kier alpha value is -2.04. The summed E-state index contributed by atoms with van der Waals surface area (Å²) in [6.45, 7) is 1.82. The largest absolute Gasteiger partial charge is 0.496 e. The van der Waals surface area contributed by atoms with E-state index in [1.165, 1.54) is 11.7 Å². The molecule has 0 radical (unpaired) electrons. The van der Waals surface area contributed by atoms with E-state index in [4.69, 9.17) is 9.47 Å². The molecular weight excluding hydrogens is 208 g/mol. The zero-order chi connectivity index (χ0) is 11.7. The van der Waals surface area contributed by atoms with E-state index >= 15 is 0 Å². The summed E-state index contributed by atoms with van der Waals surface area (Å²) in [5.41, 5.74) is 1.31. The third-order valence-corrected chi connectivity index (χ3v) is 2.42. The molecule has 0 N–H and O–H groups in total. The van der Waals surface area contributed by atoms with Gasteiger partial charge in [-0.1, -0.05) is 0 Å². The van der Waals surface area contributed by atoms with Gasteiger partial charge in [-0.15, -0.1) is 0 Å². The smallest absolute Gasteiger partial charge is 0.419 e. The average molecular weight is 220 g/mol. The Labute approximate surface area is 92.6 Å². The molecule has 0 spiro atoms. The van der Waals surface area contributed by atoms with Crippen LogP contribution >= 0.6 is 0 Å². The van der Waals surface area contributed by atoms with Crippen LogP contribution in [0.25, 0.3) is 11.0 Å². The van der Waals surface area contributed by atoms with Crippen LogP contribution in [0.3, 0.4) is 0 Å². The quantitative estimate of drug-likeness (QED) is 0.737. The summed E-state index contributed by atoms with van der Waals surface area (Å²) in [6, 6.07) is 3.60. The average Bonchev–Trinajstić information content (AvgIpc) is 2.63. The van der Waals surface area contributed by atoms with Crippen LogP contribution in [-0.2, 0) is 4.74 Å². The lowest BCUT2D eigenvalue weighted by Gasteiger charge is -2.04. The van der Waals surface area contributed by atoms with Gasteiger partial charge in [0.05, 0.1) is 19.6 Å². The number of rotatable bonds is 1. The second-order valence-corrected chi connectivity index (χ2v) is 3.34. The monoisotopic (exact) mass is 220 g/mol. The van der Waals surface area contributed by atoms with E-state index in [0.29, 0.717) is 11.4 Å². The van der Waals surface area contributed by atoms with E-state index in [-0.39, 0.29) is 0 Å². The number of nitrogens with zero attached hydrogens (tertiary/aromatic N) is 2. The van der Waals surface area contributed by atoms with Crippen molar-refractivity contribution in [3.8, 4) is 5.75 Å². The molecule has 0 bridgehead atoms. The van der Waals surface area contributed by atoms with Crippen molar-refractivity contribution < 1.29 is 14.3 Å². The van der Waals surface area contributed by atoms with Crippen molar-refractivity contribution in [2.75, 3.05) is 14.2 Å². The van der Waals surface area contributed by atoms with Crippen LogP contribution in [0.15, 0.2) is 18.3 Å². The van der Waals surface area contributed by atoms with Gasteiger partial charge in [-0.2, -0.15) is 0 Å². The zero-order valence-electron chi connectivity index (χ0n) is 9.35. The van der Waals surface area contributed by atoms with Gasteiger partial charge in [0.1, 0.15) is 5.75 Å². The van der Waals surface area contributed by atoms with Gasteiger partial charge in [0.15, 0.2) is 5.65 Å². The molecule has 2 aromatic rings. The maximum absolute atomic E-state index is 11.6. The lowest BCUT2D eigenvalue weighted by Crippen LogP contribution is -2.13. The van der Waals surface area contributed by atoms with Crippen LogP contribution in [0, 0.1) is 6.92 Å². The van der Waals surface area contributed by atoms with Gasteiger partial charge in [0.25, 0.3) is 0 Å². The molecule has 16 heavy (non-hydrogen) atoms. The maximum Gasteiger partial charge on any atom is 0.419 e. The van der Waals surface area contributed by atoms with Crippen LogP contribution in [0.4, 0.5) is 4.79 Å². The summed E-state index contributed by atoms with van der Waals surface area (Å²) in [7, 11) is 2.92. The van der Waals surface area contributed by atoms with Crippen LogP contribution < -0.4 is 4.74 Å². The summed E-state index contributed by atoms with van der Waals surface area (Å²) in [5, 5.41) is 0.799. The minimum absolute atomic E-state index is 0.451. The Morgan fingerprint density at radius 3 is 2.81 bits per heavy atom. The van der Waals surface area contributed by atoms with E-state index in [2.05, 4.69) is 4.98 Å². The van der Waals surface area contributed by atoms with E-state index in [1.54, 1.807) is 19.4 Å². The maximum atomic E-state index is 11.6. The van der Waals surface area contributed by atoms with Gasteiger partial charge < -0.3 is 9.47 Å². The lowest BCUT2D eigenvalue weighted by molar-refractivity contribution is 0.173. The first kappa shape index (κ1) is 10.5. The number of aromatic nitrogens is 2.